The fraction of sp³-hybridized carbons (Fsp3) is 0.333. The summed E-state index contributed by atoms with van der Waals surface area (Å²) in [6.07, 6.45) is 6.31. The summed E-state index contributed by atoms with van der Waals surface area (Å²) in [5.41, 5.74) is 1.94. The minimum atomic E-state index is -0.544. The molecular weight excluding hydrogens is 184 g/mol. The molecule has 0 unspecified atom stereocenters. The number of nitrogens with one attached hydrogen (secondary N) is 1. The van der Waals surface area contributed by atoms with Crippen LogP contribution in [0.25, 0.3) is 0 Å². The molecule has 0 aliphatic carbocycles. The van der Waals surface area contributed by atoms with Crippen molar-refractivity contribution >= 4 is 12.2 Å². The second kappa shape index (κ2) is 5.18. The molecule has 1 rings (SSSR count). The van der Waals surface area contributed by atoms with Crippen molar-refractivity contribution in [1.82, 2.24) is 10.4 Å². The first kappa shape index (κ1) is 10.5. The van der Waals surface area contributed by atoms with Crippen molar-refractivity contribution < 1.29 is 14.8 Å². The summed E-state index contributed by atoms with van der Waals surface area (Å²) in [4.78, 5) is 23.0. The van der Waals surface area contributed by atoms with Gasteiger partial charge in [-0.15, -0.1) is 0 Å². The van der Waals surface area contributed by atoms with Gasteiger partial charge in [0, 0.05) is 25.7 Å². The largest absolute Gasteiger partial charge is 0.373 e. The van der Waals surface area contributed by atoms with Crippen molar-refractivity contribution in [3.63, 3.8) is 0 Å². The molecule has 0 aromatic heterocycles. The Bertz CT molecular complexity index is 284. The SMILES string of the molecule is O=CCCN1C=C(C(=O)NO)C=CC1. The van der Waals surface area contributed by atoms with E-state index in [9.17, 15) is 9.59 Å². The number of nitrogens with zero attached hydrogens (tertiary/aromatic N) is 1. The average Bonchev–Trinajstić information content (AvgIpc) is 2.25. The van der Waals surface area contributed by atoms with E-state index >= 15 is 0 Å². The second-order valence-electron chi connectivity index (χ2n) is 2.88. The zero-order chi connectivity index (χ0) is 10.4. The lowest BCUT2D eigenvalue weighted by molar-refractivity contribution is -0.125. The molecule has 1 aliphatic heterocycles. The van der Waals surface area contributed by atoms with Crippen LogP contribution >= 0.6 is 0 Å². The average molecular weight is 196 g/mol. The van der Waals surface area contributed by atoms with Gasteiger partial charge in [-0.3, -0.25) is 10.0 Å². The summed E-state index contributed by atoms with van der Waals surface area (Å²) in [6.45, 7) is 1.26. The lowest BCUT2D eigenvalue weighted by atomic mass is 10.2. The minimum absolute atomic E-state index is 0.379. The maximum atomic E-state index is 11.0. The summed E-state index contributed by atoms with van der Waals surface area (Å²) in [6, 6.07) is 0. The van der Waals surface area contributed by atoms with Gasteiger partial charge in [0.2, 0.25) is 0 Å². The van der Waals surface area contributed by atoms with Crippen LogP contribution in [0.3, 0.4) is 0 Å². The van der Waals surface area contributed by atoms with Crippen LogP contribution in [0.15, 0.2) is 23.9 Å². The van der Waals surface area contributed by atoms with Gasteiger partial charge in [-0.05, 0) is 0 Å². The van der Waals surface area contributed by atoms with E-state index in [-0.39, 0.29) is 0 Å². The van der Waals surface area contributed by atoms with Crippen LogP contribution in [0.4, 0.5) is 0 Å². The highest BCUT2D eigenvalue weighted by Gasteiger charge is 2.10. The highest BCUT2D eigenvalue weighted by molar-refractivity contribution is 5.95. The normalized spacial score (nSPS) is 14.9. The van der Waals surface area contributed by atoms with Crippen molar-refractivity contribution in [2.24, 2.45) is 0 Å². The van der Waals surface area contributed by atoms with Crippen molar-refractivity contribution in [2.75, 3.05) is 13.1 Å². The predicted molar refractivity (Wildman–Crippen MR) is 49.4 cm³/mol. The standard InChI is InChI=1S/C9H12N2O3/c12-6-2-5-11-4-1-3-8(7-11)9(13)10-14/h1,3,6-7,14H,2,4-5H2,(H,10,13). The summed E-state index contributed by atoms with van der Waals surface area (Å²) in [5.74, 6) is -0.544. The summed E-state index contributed by atoms with van der Waals surface area (Å²) < 4.78 is 0. The molecule has 76 valence electrons. The van der Waals surface area contributed by atoms with E-state index in [2.05, 4.69) is 0 Å². The van der Waals surface area contributed by atoms with Crippen molar-refractivity contribution in [3.05, 3.63) is 23.9 Å². The van der Waals surface area contributed by atoms with Gasteiger partial charge in [0.05, 0.1) is 5.57 Å². The monoisotopic (exact) mass is 196 g/mol. The smallest absolute Gasteiger partial charge is 0.276 e. The Morgan fingerprint density at radius 2 is 2.50 bits per heavy atom. The first-order valence-electron chi connectivity index (χ1n) is 4.28. The van der Waals surface area contributed by atoms with Crippen LogP contribution in [0.2, 0.25) is 0 Å². The van der Waals surface area contributed by atoms with Crippen LogP contribution in [0.1, 0.15) is 6.42 Å². The minimum Gasteiger partial charge on any atom is -0.373 e. The molecule has 5 nitrogen and oxygen atoms in total. The number of carbonyl (C=O) groups excluding carboxylic acids is 2. The van der Waals surface area contributed by atoms with E-state index in [0.717, 1.165) is 6.29 Å². The number of hydroxylamine groups is 1. The topological polar surface area (TPSA) is 69.6 Å². The van der Waals surface area contributed by atoms with Crippen LogP contribution < -0.4 is 5.48 Å². The maximum absolute atomic E-state index is 11.0. The molecule has 0 saturated carbocycles. The number of aldehydes is 1. The van der Waals surface area contributed by atoms with Gasteiger partial charge in [0.1, 0.15) is 6.29 Å². The highest BCUT2D eigenvalue weighted by atomic mass is 16.5. The fourth-order valence-electron chi connectivity index (χ4n) is 1.18. The molecule has 1 amide bonds. The second-order valence-corrected chi connectivity index (χ2v) is 2.88. The number of rotatable bonds is 4. The molecule has 0 spiro atoms. The Labute approximate surface area is 81.7 Å². The van der Waals surface area contributed by atoms with Gasteiger partial charge < -0.3 is 9.69 Å². The maximum Gasteiger partial charge on any atom is 0.276 e. The first-order valence-corrected chi connectivity index (χ1v) is 4.28. The number of amides is 1. The van der Waals surface area contributed by atoms with Gasteiger partial charge in [0.15, 0.2) is 0 Å². The molecule has 1 heterocycles. The Morgan fingerprint density at radius 1 is 1.71 bits per heavy atom. The van der Waals surface area contributed by atoms with E-state index in [0.29, 0.717) is 25.1 Å². The Hall–Kier alpha value is -1.62. The lowest BCUT2D eigenvalue weighted by Gasteiger charge is -2.21. The van der Waals surface area contributed by atoms with Crippen LogP contribution in [-0.2, 0) is 9.59 Å². The van der Waals surface area contributed by atoms with Crippen LogP contribution in [0.5, 0.6) is 0 Å². The molecule has 0 atom stereocenters. The number of hydrogen-bond donors (Lipinski definition) is 2. The molecular formula is C9H12N2O3. The van der Waals surface area contributed by atoms with Crippen molar-refractivity contribution in [2.45, 2.75) is 6.42 Å². The Morgan fingerprint density at radius 3 is 3.14 bits per heavy atom. The quantitative estimate of drug-likeness (QED) is 0.372. The van der Waals surface area contributed by atoms with Crippen LogP contribution in [-0.4, -0.2) is 35.4 Å². The Kier molecular flexibility index (Phi) is 3.87. The Balaban J connectivity index is 2.58. The molecule has 0 aromatic carbocycles. The lowest BCUT2D eigenvalue weighted by Crippen LogP contribution is -2.27. The zero-order valence-electron chi connectivity index (χ0n) is 7.64. The van der Waals surface area contributed by atoms with Gasteiger partial charge in [0.25, 0.3) is 5.91 Å². The molecule has 0 radical (unpaired) electrons. The first-order chi connectivity index (χ1) is 6.77. The summed E-state index contributed by atoms with van der Waals surface area (Å²) in [7, 11) is 0. The molecule has 0 aromatic rings. The van der Waals surface area contributed by atoms with E-state index < -0.39 is 5.91 Å². The van der Waals surface area contributed by atoms with E-state index in [1.54, 1.807) is 23.8 Å². The predicted octanol–water partition coefficient (Wildman–Crippen LogP) is -0.163. The third-order valence-electron chi connectivity index (χ3n) is 1.86. The van der Waals surface area contributed by atoms with E-state index in [4.69, 9.17) is 5.21 Å². The van der Waals surface area contributed by atoms with Gasteiger partial charge in [-0.25, -0.2) is 5.48 Å². The number of hydrogen-bond acceptors (Lipinski definition) is 4. The molecule has 0 bridgehead atoms. The molecule has 2 N–H and O–H groups in total. The van der Waals surface area contributed by atoms with Gasteiger partial charge in [-0.1, -0.05) is 12.2 Å². The van der Waals surface area contributed by atoms with Crippen molar-refractivity contribution in [3.8, 4) is 0 Å². The van der Waals surface area contributed by atoms with Crippen molar-refractivity contribution in [1.29, 1.82) is 0 Å². The molecule has 0 fully saturated rings. The van der Waals surface area contributed by atoms with E-state index in [1.807, 2.05) is 4.90 Å². The third kappa shape index (κ3) is 2.70. The molecule has 0 saturated heterocycles. The summed E-state index contributed by atoms with van der Waals surface area (Å²) in [5, 5.41) is 8.40. The highest BCUT2D eigenvalue weighted by Crippen LogP contribution is 2.07. The van der Waals surface area contributed by atoms with Gasteiger partial charge >= 0.3 is 0 Å². The zero-order valence-corrected chi connectivity index (χ0v) is 7.64. The van der Waals surface area contributed by atoms with Gasteiger partial charge in [-0.2, -0.15) is 0 Å². The van der Waals surface area contributed by atoms with E-state index in [1.165, 1.54) is 0 Å². The number of carbonyl (C=O) groups is 2. The molecule has 5 heteroatoms. The fourth-order valence-corrected chi connectivity index (χ4v) is 1.18. The molecule has 1 aliphatic rings. The van der Waals surface area contributed by atoms with Crippen LogP contribution in [0, 0.1) is 0 Å². The third-order valence-corrected chi connectivity index (χ3v) is 1.86. The molecule has 14 heavy (non-hydrogen) atoms. The summed E-state index contributed by atoms with van der Waals surface area (Å²) >= 11 is 0.